The predicted octanol–water partition coefficient (Wildman–Crippen LogP) is 3.90. The van der Waals surface area contributed by atoms with E-state index in [1.54, 1.807) is 16.9 Å². The van der Waals surface area contributed by atoms with Gasteiger partial charge >= 0.3 is 5.97 Å². The van der Waals surface area contributed by atoms with Crippen LogP contribution in [0.25, 0.3) is 11.3 Å². The molecule has 1 aromatic heterocycles. The van der Waals surface area contributed by atoms with Gasteiger partial charge in [0.15, 0.2) is 0 Å². The fraction of sp³-hybridized carbons (Fsp3) is 0.421. The first-order valence-electron chi connectivity index (χ1n) is 8.51. The largest absolute Gasteiger partial charge is 0.481 e. The minimum atomic E-state index is -0.937. The molecule has 140 valence electrons. The first-order valence-corrected chi connectivity index (χ1v) is 8.89. The predicted molar refractivity (Wildman–Crippen MR) is 101 cm³/mol. The second kappa shape index (κ2) is 7.91. The SMILES string of the molecule is CCN(CCC(=O)O)C(=O)c1cn(C(C)(C)C)nc1-c1ccccc1Cl. The smallest absolute Gasteiger partial charge is 0.305 e. The number of halogens is 1. The lowest BCUT2D eigenvalue weighted by molar-refractivity contribution is -0.137. The van der Waals surface area contributed by atoms with Crippen LogP contribution in [-0.4, -0.2) is 44.8 Å². The van der Waals surface area contributed by atoms with Gasteiger partial charge < -0.3 is 10.0 Å². The number of carbonyl (C=O) groups excluding carboxylic acids is 1. The van der Waals surface area contributed by atoms with Gasteiger partial charge in [0.2, 0.25) is 0 Å². The molecule has 0 saturated carbocycles. The van der Waals surface area contributed by atoms with Crippen LogP contribution in [0.4, 0.5) is 0 Å². The van der Waals surface area contributed by atoms with Crippen LogP contribution in [0.3, 0.4) is 0 Å². The van der Waals surface area contributed by atoms with E-state index in [2.05, 4.69) is 5.10 Å². The Labute approximate surface area is 158 Å². The summed E-state index contributed by atoms with van der Waals surface area (Å²) in [5, 5.41) is 14.0. The number of carboxylic acid groups (broad SMARTS) is 1. The normalized spacial score (nSPS) is 11.4. The van der Waals surface area contributed by atoms with Gasteiger partial charge in [-0.25, -0.2) is 0 Å². The summed E-state index contributed by atoms with van der Waals surface area (Å²) in [5.41, 5.74) is 1.28. The highest BCUT2D eigenvalue weighted by Crippen LogP contribution is 2.31. The van der Waals surface area contributed by atoms with Gasteiger partial charge in [0.25, 0.3) is 5.91 Å². The van der Waals surface area contributed by atoms with E-state index < -0.39 is 5.97 Å². The Bertz CT molecular complexity index is 809. The van der Waals surface area contributed by atoms with E-state index in [0.717, 1.165) is 0 Å². The maximum Gasteiger partial charge on any atom is 0.305 e. The summed E-state index contributed by atoms with van der Waals surface area (Å²) in [6.45, 7) is 8.36. The molecular weight excluding hydrogens is 354 g/mol. The van der Waals surface area contributed by atoms with E-state index in [-0.39, 0.29) is 24.4 Å². The van der Waals surface area contributed by atoms with E-state index in [1.807, 2.05) is 45.9 Å². The topological polar surface area (TPSA) is 75.4 Å². The number of hydrogen-bond acceptors (Lipinski definition) is 3. The van der Waals surface area contributed by atoms with Crippen molar-refractivity contribution in [2.45, 2.75) is 39.7 Å². The molecule has 0 spiro atoms. The molecule has 1 N–H and O–H groups in total. The number of rotatable bonds is 6. The number of aromatic nitrogens is 2. The Kier molecular flexibility index (Phi) is 6.08. The zero-order chi connectivity index (χ0) is 19.5. The third-order valence-corrected chi connectivity index (χ3v) is 4.36. The van der Waals surface area contributed by atoms with Crippen molar-refractivity contribution in [2.24, 2.45) is 0 Å². The molecule has 0 aliphatic rings. The lowest BCUT2D eigenvalue weighted by atomic mass is 10.1. The van der Waals surface area contributed by atoms with Crippen molar-refractivity contribution in [3.05, 3.63) is 41.0 Å². The molecule has 2 aromatic rings. The Morgan fingerprint density at radius 2 is 1.92 bits per heavy atom. The van der Waals surface area contributed by atoms with Gasteiger partial charge in [0, 0.05) is 24.8 Å². The van der Waals surface area contributed by atoms with E-state index in [0.29, 0.717) is 28.4 Å². The molecule has 0 bridgehead atoms. The van der Waals surface area contributed by atoms with Crippen LogP contribution in [0.2, 0.25) is 5.02 Å². The van der Waals surface area contributed by atoms with Crippen molar-refractivity contribution < 1.29 is 14.7 Å². The first kappa shape index (κ1) is 20.0. The average molecular weight is 378 g/mol. The van der Waals surface area contributed by atoms with Crippen molar-refractivity contribution >= 4 is 23.5 Å². The van der Waals surface area contributed by atoms with Crippen molar-refractivity contribution in [1.29, 1.82) is 0 Å². The zero-order valence-electron chi connectivity index (χ0n) is 15.5. The lowest BCUT2D eigenvalue weighted by Gasteiger charge is -2.20. The quantitative estimate of drug-likeness (QED) is 0.828. The Morgan fingerprint density at radius 3 is 2.46 bits per heavy atom. The molecule has 1 amide bonds. The van der Waals surface area contributed by atoms with Crippen LogP contribution < -0.4 is 0 Å². The number of amides is 1. The molecule has 1 aromatic carbocycles. The van der Waals surface area contributed by atoms with E-state index >= 15 is 0 Å². The van der Waals surface area contributed by atoms with Crippen LogP contribution in [0.15, 0.2) is 30.5 Å². The highest BCUT2D eigenvalue weighted by Gasteiger charge is 2.26. The molecule has 7 heteroatoms. The van der Waals surface area contributed by atoms with E-state index in [9.17, 15) is 9.59 Å². The number of hydrogen-bond donors (Lipinski definition) is 1. The third-order valence-electron chi connectivity index (χ3n) is 4.03. The molecule has 0 fully saturated rings. The minimum Gasteiger partial charge on any atom is -0.481 e. The summed E-state index contributed by atoms with van der Waals surface area (Å²) in [6, 6.07) is 7.23. The maximum absolute atomic E-state index is 13.1. The summed E-state index contributed by atoms with van der Waals surface area (Å²) in [5.74, 6) is -1.19. The van der Waals surface area contributed by atoms with Crippen LogP contribution in [0, 0.1) is 0 Å². The fourth-order valence-electron chi connectivity index (χ4n) is 2.53. The molecule has 0 radical (unpaired) electrons. The average Bonchev–Trinajstić information content (AvgIpc) is 3.00. The Morgan fingerprint density at radius 1 is 1.27 bits per heavy atom. The van der Waals surface area contributed by atoms with Gasteiger partial charge in [-0.1, -0.05) is 29.8 Å². The Balaban J connectivity index is 2.52. The van der Waals surface area contributed by atoms with E-state index in [1.165, 1.54) is 4.90 Å². The summed E-state index contributed by atoms with van der Waals surface area (Å²) in [6.07, 6.45) is 1.61. The summed E-state index contributed by atoms with van der Waals surface area (Å²) in [7, 11) is 0. The molecule has 2 rings (SSSR count). The zero-order valence-corrected chi connectivity index (χ0v) is 16.2. The maximum atomic E-state index is 13.1. The van der Waals surface area contributed by atoms with Gasteiger partial charge in [0.05, 0.1) is 22.5 Å². The first-order chi connectivity index (χ1) is 12.1. The van der Waals surface area contributed by atoms with Crippen LogP contribution in [0.1, 0.15) is 44.5 Å². The van der Waals surface area contributed by atoms with Gasteiger partial charge in [0.1, 0.15) is 5.69 Å². The molecule has 0 aliphatic heterocycles. The van der Waals surface area contributed by atoms with Crippen molar-refractivity contribution in [3.8, 4) is 11.3 Å². The molecule has 0 aliphatic carbocycles. The molecule has 1 heterocycles. The summed E-state index contributed by atoms with van der Waals surface area (Å²) >= 11 is 6.32. The molecule has 0 unspecified atom stereocenters. The number of aliphatic carboxylic acids is 1. The monoisotopic (exact) mass is 377 g/mol. The van der Waals surface area contributed by atoms with Crippen LogP contribution in [0.5, 0.6) is 0 Å². The fourth-order valence-corrected chi connectivity index (χ4v) is 2.76. The van der Waals surface area contributed by atoms with Gasteiger partial charge in [-0.05, 0) is 33.8 Å². The van der Waals surface area contributed by atoms with Crippen LogP contribution in [-0.2, 0) is 10.3 Å². The number of carboxylic acids is 1. The lowest BCUT2D eigenvalue weighted by Crippen LogP contribution is -2.33. The third kappa shape index (κ3) is 4.43. The molecular formula is C19H24ClN3O3. The number of benzene rings is 1. The molecule has 6 nitrogen and oxygen atoms in total. The standard InChI is InChI=1S/C19H24ClN3O3/c1-5-22(11-10-16(24)25)18(26)14-12-23(19(2,3)4)21-17(14)13-8-6-7-9-15(13)20/h6-9,12H,5,10-11H2,1-4H3,(H,24,25). The van der Waals surface area contributed by atoms with Gasteiger partial charge in [-0.15, -0.1) is 0 Å². The highest BCUT2D eigenvalue weighted by molar-refractivity contribution is 6.33. The molecule has 0 saturated heterocycles. The second-order valence-corrected chi connectivity index (χ2v) is 7.42. The summed E-state index contributed by atoms with van der Waals surface area (Å²) < 4.78 is 1.74. The van der Waals surface area contributed by atoms with E-state index in [4.69, 9.17) is 16.7 Å². The van der Waals surface area contributed by atoms with Crippen molar-refractivity contribution in [2.75, 3.05) is 13.1 Å². The van der Waals surface area contributed by atoms with Crippen molar-refractivity contribution in [3.63, 3.8) is 0 Å². The minimum absolute atomic E-state index is 0.103. The molecule has 26 heavy (non-hydrogen) atoms. The van der Waals surface area contributed by atoms with Gasteiger partial charge in [-0.3, -0.25) is 14.3 Å². The number of carbonyl (C=O) groups is 2. The Hall–Kier alpha value is -2.34. The van der Waals surface area contributed by atoms with Crippen LogP contribution >= 0.6 is 11.6 Å². The van der Waals surface area contributed by atoms with Gasteiger partial charge in [-0.2, -0.15) is 5.10 Å². The highest BCUT2D eigenvalue weighted by atomic mass is 35.5. The second-order valence-electron chi connectivity index (χ2n) is 7.02. The van der Waals surface area contributed by atoms with Crippen molar-refractivity contribution in [1.82, 2.24) is 14.7 Å². The number of nitrogens with zero attached hydrogens (tertiary/aromatic N) is 3. The summed E-state index contributed by atoms with van der Waals surface area (Å²) in [4.78, 5) is 25.5. The molecule has 0 atom stereocenters.